The summed E-state index contributed by atoms with van der Waals surface area (Å²) < 4.78 is 29.9. The molecule has 10 heteroatoms. The number of sulfonamides is 1. The Hall–Kier alpha value is -2.56. The molecule has 33 heavy (non-hydrogen) atoms. The van der Waals surface area contributed by atoms with Gasteiger partial charge in [-0.2, -0.15) is 0 Å². The van der Waals surface area contributed by atoms with Crippen molar-refractivity contribution in [1.82, 2.24) is 23.4 Å². The van der Waals surface area contributed by atoms with E-state index in [4.69, 9.17) is 4.98 Å². The molecule has 8 nitrogen and oxygen atoms in total. The average Bonchev–Trinajstić information content (AvgIpc) is 3.23. The van der Waals surface area contributed by atoms with Crippen LogP contribution in [-0.2, 0) is 36.0 Å². The topological polar surface area (TPSA) is 90.1 Å². The summed E-state index contributed by atoms with van der Waals surface area (Å²) in [4.78, 5) is 25.1. The molecule has 0 aliphatic heterocycles. The predicted octanol–water partition coefficient (Wildman–Crippen LogP) is 3.40. The Bertz CT molecular complexity index is 1530. The third kappa shape index (κ3) is 3.70. The molecular formula is C23H27N5O3S2. The molecule has 0 N–H and O–H groups in total. The first-order valence-electron chi connectivity index (χ1n) is 11.2. The van der Waals surface area contributed by atoms with E-state index in [0.717, 1.165) is 35.0 Å². The van der Waals surface area contributed by atoms with Gasteiger partial charge in [0.2, 0.25) is 10.0 Å². The van der Waals surface area contributed by atoms with Gasteiger partial charge in [-0.1, -0.05) is 6.42 Å². The Labute approximate surface area is 196 Å². The van der Waals surface area contributed by atoms with Crippen molar-refractivity contribution in [3.05, 3.63) is 51.1 Å². The summed E-state index contributed by atoms with van der Waals surface area (Å²) in [5.41, 5.74) is 2.60. The number of nitrogens with zero attached hydrogens (tertiary/aromatic N) is 5. The van der Waals surface area contributed by atoms with E-state index in [9.17, 15) is 13.2 Å². The number of thiophene rings is 1. The van der Waals surface area contributed by atoms with Gasteiger partial charge in [0.05, 0.1) is 34.2 Å². The Kier molecular flexibility index (Phi) is 5.62. The molecule has 174 valence electrons. The highest BCUT2D eigenvalue weighted by Gasteiger charge is 2.22. The molecule has 5 rings (SSSR count). The highest BCUT2D eigenvalue weighted by Crippen LogP contribution is 2.32. The Morgan fingerprint density at radius 1 is 1.15 bits per heavy atom. The fraction of sp³-hybridized carbons (Fsp3) is 0.435. The molecule has 0 saturated heterocycles. The van der Waals surface area contributed by atoms with Crippen LogP contribution in [0.1, 0.15) is 42.5 Å². The summed E-state index contributed by atoms with van der Waals surface area (Å²) in [7, 11) is -0.534. The quantitative estimate of drug-likeness (QED) is 0.404. The first kappa shape index (κ1) is 22.2. The van der Waals surface area contributed by atoms with Gasteiger partial charge in [-0.05, 0) is 56.4 Å². The van der Waals surface area contributed by atoms with Crippen molar-refractivity contribution < 1.29 is 8.42 Å². The van der Waals surface area contributed by atoms with Crippen LogP contribution in [0.3, 0.4) is 0 Å². The zero-order chi connectivity index (χ0) is 23.3. The van der Waals surface area contributed by atoms with Gasteiger partial charge < -0.3 is 4.57 Å². The van der Waals surface area contributed by atoms with Crippen molar-refractivity contribution in [2.45, 2.75) is 57.0 Å². The second kappa shape index (κ2) is 8.34. The van der Waals surface area contributed by atoms with E-state index in [1.165, 1.54) is 41.7 Å². The van der Waals surface area contributed by atoms with Crippen LogP contribution in [0.15, 0.2) is 34.2 Å². The molecule has 4 aromatic rings. The minimum absolute atomic E-state index is 0.0232. The third-order valence-electron chi connectivity index (χ3n) is 6.40. The van der Waals surface area contributed by atoms with Crippen LogP contribution >= 0.6 is 11.3 Å². The summed E-state index contributed by atoms with van der Waals surface area (Å²) in [5, 5.41) is 0.762. The number of imidazole rings is 1. The zero-order valence-corrected chi connectivity index (χ0v) is 20.7. The average molecular weight is 486 g/mol. The Balaban J connectivity index is 1.59. The van der Waals surface area contributed by atoms with Crippen molar-refractivity contribution in [2.75, 3.05) is 14.1 Å². The van der Waals surface area contributed by atoms with Crippen molar-refractivity contribution >= 4 is 42.6 Å². The van der Waals surface area contributed by atoms with E-state index in [0.29, 0.717) is 17.9 Å². The minimum Gasteiger partial charge on any atom is -0.327 e. The molecule has 0 bridgehead atoms. The maximum Gasteiger partial charge on any atom is 0.262 e. The molecule has 0 spiro atoms. The van der Waals surface area contributed by atoms with Gasteiger partial charge in [-0.15, -0.1) is 11.3 Å². The van der Waals surface area contributed by atoms with Gasteiger partial charge >= 0.3 is 0 Å². The fourth-order valence-corrected chi connectivity index (χ4v) is 6.77. The predicted molar refractivity (Wildman–Crippen MR) is 131 cm³/mol. The maximum absolute atomic E-state index is 13.5. The second-order valence-corrected chi connectivity index (χ2v) is 11.9. The number of aromatic nitrogens is 4. The SMILES string of the molecule is CCn1c(Cn2cnc3sc4c(c3c2=O)CCCCC4)nc2cc(S(=O)(=O)N(C)C)ccc21. The number of rotatable bonds is 5. The van der Waals surface area contributed by atoms with Gasteiger partial charge in [0, 0.05) is 25.5 Å². The zero-order valence-electron chi connectivity index (χ0n) is 19.0. The second-order valence-electron chi connectivity index (χ2n) is 8.63. The lowest BCUT2D eigenvalue weighted by Gasteiger charge is -2.11. The monoisotopic (exact) mass is 485 g/mol. The molecule has 3 aromatic heterocycles. The van der Waals surface area contributed by atoms with E-state index >= 15 is 0 Å². The van der Waals surface area contributed by atoms with Crippen molar-refractivity contribution in [3.8, 4) is 0 Å². The Morgan fingerprint density at radius 3 is 2.70 bits per heavy atom. The van der Waals surface area contributed by atoms with Gasteiger partial charge in [0.25, 0.3) is 5.56 Å². The number of fused-ring (bicyclic) bond motifs is 4. The summed E-state index contributed by atoms with van der Waals surface area (Å²) >= 11 is 1.65. The van der Waals surface area contributed by atoms with E-state index in [-0.39, 0.29) is 17.0 Å². The van der Waals surface area contributed by atoms with Crippen molar-refractivity contribution in [1.29, 1.82) is 0 Å². The lowest BCUT2D eigenvalue weighted by Crippen LogP contribution is -2.23. The lowest BCUT2D eigenvalue weighted by molar-refractivity contribution is 0.521. The molecular weight excluding hydrogens is 458 g/mol. The number of benzene rings is 1. The van der Waals surface area contributed by atoms with E-state index in [2.05, 4.69) is 4.98 Å². The minimum atomic E-state index is -3.55. The number of hydrogen-bond donors (Lipinski definition) is 0. The van der Waals surface area contributed by atoms with Crippen LogP contribution in [-0.4, -0.2) is 45.9 Å². The summed E-state index contributed by atoms with van der Waals surface area (Å²) in [5.74, 6) is 0.705. The van der Waals surface area contributed by atoms with E-state index in [1.807, 2.05) is 11.5 Å². The van der Waals surface area contributed by atoms with Crippen molar-refractivity contribution in [2.24, 2.45) is 0 Å². The van der Waals surface area contributed by atoms with Crippen LogP contribution in [0.2, 0.25) is 0 Å². The molecule has 0 radical (unpaired) electrons. The molecule has 3 heterocycles. The smallest absolute Gasteiger partial charge is 0.262 e. The summed E-state index contributed by atoms with van der Waals surface area (Å²) in [6.07, 6.45) is 7.05. The van der Waals surface area contributed by atoms with Gasteiger partial charge in [-0.25, -0.2) is 22.7 Å². The molecule has 0 atom stereocenters. The molecule has 0 saturated carbocycles. The van der Waals surface area contributed by atoms with E-state index < -0.39 is 10.0 Å². The van der Waals surface area contributed by atoms with Crippen LogP contribution in [0.5, 0.6) is 0 Å². The lowest BCUT2D eigenvalue weighted by atomic mass is 10.1. The molecule has 1 aromatic carbocycles. The molecule has 1 aliphatic rings. The first-order valence-corrected chi connectivity index (χ1v) is 13.5. The Morgan fingerprint density at radius 2 is 1.94 bits per heavy atom. The largest absolute Gasteiger partial charge is 0.327 e. The van der Waals surface area contributed by atoms with Crippen LogP contribution in [0.25, 0.3) is 21.3 Å². The molecule has 0 amide bonds. The number of hydrogen-bond acceptors (Lipinski definition) is 6. The van der Waals surface area contributed by atoms with E-state index in [1.54, 1.807) is 40.4 Å². The molecule has 0 fully saturated rings. The third-order valence-corrected chi connectivity index (χ3v) is 9.41. The maximum atomic E-state index is 13.5. The van der Waals surface area contributed by atoms with Crippen LogP contribution < -0.4 is 5.56 Å². The highest BCUT2D eigenvalue weighted by atomic mass is 32.2. The summed E-state index contributed by atoms with van der Waals surface area (Å²) in [6.45, 7) is 2.95. The van der Waals surface area contributed by atoms with Gasteiger partial charge in [0.1, 0.15) is 10.7 Å². The highest BCUT2D eigenvalue weighted by molar-refractivity contribution is 7.89. The first-order chi connectivity index (χ1) is 15.8. The van der Waals surface area contributed by atoms with Crippen LogP contribution in [0, 0.1) is 0 Å². The molecule has 1 aliphatic carbocycles. The number of aryl methyl sites for hydroxylation is 3. The fourth-order valence-electron chi connectivity index (χ4n) is 4.63. The molecule has 0 unspecified atom stereocenters. The summed E-state index contributed by atoms with van der Waals surface area (Å²) in [6, 6.07) is 4.99. The standard InChI is InChI=1S/C23H27N5O3S2/c1-4-28-18-11-10-15(33(30,31)26(2)3)12-17(18)25-20(28)13-27-14-24-22-21(23(27)29)16-8-6-5-7-9-19(16)32-22/h10-12,14H,4-9,13H2,1-3H3. The van der Waals surface area contributed by atoms with Crippen LogP contribution in [0.4, 0.5) is 0 Å². The van der Waals surface area contributed by atoms with Crippen molar-refractivity contribution in [3.63, 3.8) is 0 Å². The van der Waals surface area contributed by atoms with Gasteiger partial charge in [-0.3, -0.25) is 9.36 Å². The normalized spacial score (nSPS) is 14.8. The van der Waals surface area contributed by atoms with Gasteiger partial charge in [0.15, 0.2) is 0 Å².